The largest absolute Gasteiger partial charge is 0.365 e. The van der Waals surface area contributed by atoms with E-state index in [1.165, 1.54) is 0 Å². The summed E-state index contributed by atoms with van der Waals surface area (Å²) in [6.07, 6.45) is 1.87. The van der Waals surface area contributed by atoms with E-state index in [1.807, 2.05) is 30.5 Å². The lowest BCUT2D eigenvalue weighted by molar-refractivity contribution is 0.0951. The SMILES string of the molecule is O=C(NCc1cccc2[nH]ccc12)c1cccc(-n2nn[nH]c2=O)c1. The van der Waals surface area contributed by atoms with Crippen molar-refractivity contribution in [2.45, 2.75) is 6.54 Å². The molecule has 0 aliphatic rings. The van der Waals surface area contributed by atoms with Crippen LogP contribution in [0.15, 0.2) is 59.5 Å². The van der Waals surface area contributed by atoms with Crippen LogP contribution in [0.4, 0.5) is 0 Å². The smallest absolute Gasteiger partial charge is 0.361 e. The number of carbonyl (C=O) groups excluding carboxylic acids is 1. The Labute approximate surface area is 141 Å². The Bertz CT molecular complexity index is 1110. The molecule has 124 valence electrons. The Morgan fingerprint density at radius 2 is 2.04 bits per heavy atom. The molecule has 4 aromatic rings. The number of H-pyrrole nitrogens is 2. The molecule has 2 aromatic heterocycles. The first kappa shape index (κ1) is 14.9. The van der Waals surface area contributed by atoms with Crippen LogP contribution in [0.3, 0.4) is 0 Å². The highest BCUT2D eigenvalue weighted by atomic mass is 16.2. The number of fused-ring (bicyclic) bond motifs is 1. The summed E-state index contributed by atoms with van der Waals surface area (Å²) in [6, 6.07) is 14.5. The number of carbonyl (C=O) groups is 1. The number of rotatable bonds is 4. The number of aromatic amines is 2. The molecule has 2 heterocycles. The summed E-state index contributed by atoms with van der Waals surface area (Å²) in [4.78, 5) is 27.2. The Morgan fingerprint density at radius 3 is 2.88 bits per heavy atom. The minimum Gasteiger partial charge on any atom is -0.361 e. The molecule has 0 atom stereocenters. The van der Waals surface area contributed by atoms with Gasteiger partial charge in [0.05, 0.1) is 5.69 Å². The van der Waals surface area contributed by atoms with E-state index in [1.54, 1.807) is 24.3 Å². The average molecular weight is 334 g/mol. The van der Waals surface area contributed by atoms with Crippen LogP contribution in [0.2, 0.25) is 0 Å². The van der Waals surface area contributed by atoms with Gasteiger partial charge in [-0.1, -0.05) is 18.2 Å². The first-order valence-electron chi connectivity index (χ1n) is 7.66. The quantitative estimate of drug-likeness (QED) is 0.524. The van der Waals surface area contributed by atoms with Gasteiger partial charge < -0.3 is 10.3 Å². The van der Waals surface area contributed by atoms with E-state index in [4.69, 9.17) is 0 Å². The van der Waals surface area contributed by atoms with Crippen LogP contribution in [0.1, 0.15) is 15.9 Å². The second kappa shape index (κ2) is 6.08. The normalized spacial score (nSPS) is 10.9. The molecule has 3 N–H and O–H groups in total. The first-order chi connectivity index (χ1) is 12.2. The summed E-state index contributed by atoms with van der Waals surface area (Å²) in [7, 11) is 0. The van der Waals surface area contributed by atoms with Crippen LogP contribution in [-0.4, -0.2) is 31.1 Å². The second-order valence-electron chi connectivity index (χ2n) is 5.51. The third-order valence-electron chi connectivity index (χ3n) is 3.95. The summed E-state index contributed by atoms with van der Waals surface area (Å²) in [5.41, 5.74) is 2.50. The number of hydrogen-bond donors (Lipinski definition) is 3. The lowest BCUT2D eigenvalue weighted by Crippen LogP contribution is -2.23. The van der Waals surface area contributed by atoms with Crippen molar-refractivity contribution in [1.29, 1.82) is 0 Å². The van der Waals surface area contributed by atoms with E-state index in [0.717, 1.165) is 21.1 Å². The second-order valence-corrected chi connectivity index (χ2v) is 5.51. The maximum Gasteiger partial charge on any atom is 0.365 e. The molecule has 0 saturated heterocycles. The average Bonchev–Trinajstić information content (AvgIpc) is 3.28. The number of hydrogen-bond acceptors (Lipinski definition) is 4. The van der Waals surface area contributed by atoms with Gasteiger partial charge in [0.15, 0.2) is 0 Å². The molecule has 0 unspecified atom stereocenters. The molecule has 1 amide bonds. The van der Waals surface area contributed by atoms with Crippen molar-refractivity contribution in [2.75, 3.05) is 0 Å². The third kappa shape index (κ3) is 2.80. The maximum atomic E-state index is 12.4. The van der Waals surface area contributed by atoms with Crippen molar-refractivity contribution < 1.29 is 4.79 Å². The molecule has 0 aliphatic carbocycles. The Balaban J connectivity index is 1.55. The molecule has 8 nitrogen and oxygen atoms in total. The van der Waals surface area contributed by atoms with Crippen molar-refractivity contribution in [3.8, 4) is 5.69 Å². The summed E-state index contributed by atoms with van der Waals surface area (Å²) in [5.74, 6) is -0.231. The zero-order valence-corrected chi connectivity index (χ0v) is 13.1. The van der Waals surface area contributed by atoms with Gasteiger partial charge in [-0.05, 0) is 46.3 Å². The fourth-order valence-corrected chi connectivity index (χ4v) is 2.73. The highest BCUT2D eigenvalue weighted by Gasteiger charge is 2.10. The molecular weight excluding hydrogens is 320 g/mol. The van der Waals surface area contributed by atoms with Gasteiger partial charge in [0.2, 0.25) is 0 Å². The van der Waals surface area contributed by atoms with Gasteiger partial charge in [-0.15, -0.1) is 0 Å². The third-order valence-corrected chi connectivity index (χ3v) is 3.95. The van der Waals surface area contributed by atoms with Gasteiger partial charge in [-0.2, -0.15) is 4.68 Å². The fourth-order valence-electron chi connectivity index (χ4n) is 2.73. The Kier molecular flexibility index (Phi) is 3.62. The first-order valence-corrected chi connectivity index (χ1v) is 7.66. The van der Waals surface area contributed by atoms with Crippen LogP contribution in [0.25, 0.3) is 16.6 Å². The van der Waals surface area contributed by atoms with E-state index in [2.05, 4.69) is 25.8 Å². The zero-order valence-electron chi connectivity index (χ0n) is 13.1. The van der Waals surface area contributed by atoms with Gasteiger partial charge in [-0.25, -0.2) is 9.89 Å². The van der Waals surface area contributed by atoms with E-state index in [0.29, 0.717) is 17.8 Å². The number of nitrogens with zero attached hydrogens (tertiary/aromatic N) is 3. The molecule has 0 bridgehead atoms. The summed E-state index contributed by atoms with van der Waals surface area (Å²) in [6.45, 7) is 0.405. The molecule has 0 saturated carbocycles. The van der Waals surface area contributed by atoms with Crippen LogP contribution in [-0.2, 0) is 6.54 Å². The van der Waals surface area contributed by atoms with Crippen LogP contribution < -0.4 is 11.0 Å². The zero-order chi connectivity index (χ0) is 17.2. The van der Waals surface area contributed by atoms with Gasteiger partial charge in [0, 0.05) is 29.2 Å². The van der Waals surface area contributed by atoms with Gasteiger partial charge >= 0.3 is 5.69 Å². The molecular formula is C17H14N6O2. The predicted octanol–water partition coefficient (Wildman–Crippen LogP) is 1.37. The van der Waals surface area contributed by atoms with Crippen molar-refractivity contribution in [2.24, 2.45) is 0 Å². The van der Waals surface area contributed by atoms with Crippen LogP contribution in [0, 0.1) is 0 Å². The molecule has 0 aliphatic heterocycles. The Hall–Kier alpha value is -3.68. The monoisotopic (exact) mass is 334 g/mol. The van der Waals surface area contributed by atoms with Gasteiger partial charge in [0.25, 0.3) is 5.91 Å². The molecule has 4 rings (SSSR count). The van der Waals surface area contributed by atoms with Crippen LogP contribution >= 0.6 is 0 Å². The predicted molar refractivity (Wildman–Crippen MR) is 91.4 cm³/mol. The van der Waals surface area contributed by atoms with Crippen molar-refractivity contribution in [3.05, 3.63) is 76.3 Å². The van der Waals surface area contributed by atoms with Crippen molar-refractivity contribution in [3.63, 3.8) is 0 Å². The molecule has 25 heavy (non-hydrogen) atoms. The number of benzene rings is 2. The van der Waals surface area contributed by atoms with Gasteiger partial charge in [-0.3, -0.25) is 4.79 Å². The highest BCUT2D eigenvalue weighted by Crippen LogP contribution is 2.17. The maximum absolute atomic E-state index is 12.4. The molecule has 0 radical (unpaired) electrons. The minimum atomic E-state index is -0.461. The van der Waals surface area contributed by atoms with Crippen molar-refractivity contribution >= 4 is 16.8 Å². The number of aromatic nitrogens is 5. The van der Waals surface area contributed by atoms with E-state index in [-0.39, 0.29) is 5.91 Å². The summed E-state index contributed by atoms with van der Waals surface area (Å²) >= 11 is 0. The summed E-state index contributed by atoms with van der Waals surface area (Å²) < 4.78 is 1.09. The van der Waals surface area contributed by atoms with Crippen LogP contribution in [0.5, 0.6) is 0 Å². The molecule has 0 fully saturated rings. The number of nitrogens with one attached hydrogen (secondary N) is 3. The summed E-state index contributed by atoms with van der Waals surface area (Å²) in [5, 5.41) is 13.3. The van der Waals surface area contributed by atoms with E-state index < -0.39 is 5.69 Å². The van der Waals surface area contributed by atoms with Gasteiger partial charge in [0.1, 0.15) is 0 Å². The standard InChI is InChI=1S/C17H14N6O2/c24-16(19-10-12-4-2-6-15-14(12)7-8-18-15)11-3-1-5-13(9-11)23-17(25)20-21-22-23/h1-9,18H,10H2,(H,19,24)(H,20,22,25). The Morgan fingerprint density at radius 1 is 1.16 bits per heavy atom. The molecule has 8 heteroatoms. The van der Waals surface area contributed by atoms with E-state index in [9.17, 15) is 9.59 Å². The lowest BCUT2D eigenvalue weighted by Gasteiger charge is -2.08. The van der Waals surface area contributed by atoms with Crippen molar-refractivity contribution in [1.82, 2.24) is 30.5 Å². The number of tetrazole rings is 1. The topological polar surface area (TPSA) is 108 Å². The minimum absolute atomic E-state index is 0.231. The fraction of sp³-hybridized carbons (Fsp3) is 0.0588. The lowest BCUT2D eigenvalue weighted by atomic mass is 10.1. The molecule has 0 spiro atoms. The van der Waals surface area contributed by atoms with E-state index >= 15 is 0 Å². The number of amides is 1. The molecule has 2 aromatic carbocycles. The highest BCUT2D eigenvalue weighted by molar-refractivity contribution is 5.95.